The summed E-state index contributed by atoms with van der Waals surface area (Å²) in [6.07, 6.45) is -0.500. The fourth-order valence-electron chi connectivity index (χ4n) is 4.42. The zero-order valence-electron chi connectivity index (χ0n) is 22.8. The van der Waals surface area contributed by atoms with Gasteiger partial charge >= 0.3 is 6.09 Å². The topological polar surface area (TPSA) is 131 Å². The molecule has 5 rings (SSSR count). The third-order valence-corrected chi connectivity index (χ3v) is 6.36. The molecule has 3 aromatic heterocycles. The maximum atomic E-state index is 13.0. The highest BCUT2D eigenvalue weighted by atomic mass is 16.7. The Kier molecular flexibility index (Phi) is 8.18. The lowest BCUT2D eigenvalue weighted by molar-refractivity contribution is -0.130. The minimum absolute atomic E-state index is 0.169. The van der Waals surface area contributed by atoms with Gasteiger partial charge in [-0.3, -0.25) is 9.69 Å². The number of anilines is 1. The van der Waals surface area contributed by atoms with E-state index in [1.54, 1.807) is 21.9 Å². The van der Waals surface area contributed by atoms with Crippen molar-refractivity contribution in [2.75, 3.05) is 38.0 Å². The number of piperazine rings is 1. The molecule has 2 N–H and O–H groups in total. The lowest BCUT2D eigenvalue weighted by Gasteiger charge is -2.32. The number of carbonyl (C=O) groups excluding carboxylic acids is 2. The predicted octanol–water partition coefficient (Wildman–Crippen LogP) is 3.25. The van der Waals surface area contributed by atoms with E-state index in [9.17, 15) is 9.59 Å². The second-order valence-corrected chi connectivity index (χ2v) is 9.66. The highest BCUT2D eigenvalue weighted by Crippen LogP contribution is 2.23. The monoisotopic (exact) mass is 544 g/mol. The molecule has 2 amide bonds. The molecule has 1 saturated heterocycles. The third-order valence-electron chi connectivity index (χ3n) is 6.36. The number of rotatable bonds is 8. The van der Waals surface area contributed by atoms with Crippen molar-refractivity contribution in [3.05, 3.63) is 77.3 Å². The van der Waals surface area contributed by atoms with E-state index in [0.29, 0.717) is 55.9 Å². The molecule has 0 aliphatic carbocycles. The van der Waals surface area contributed by atoms with Gasteiger partial charge in [-0.05, 0) is 44.5 Å². The zero-order valence-corrected chi connectivity index (χ0v) is 22.8. The summed E-state index contributed by atoms with van der Waals surface area (Å²) in [5.41, 5.74) is 2.75. The number of aromatic nitrogens is 4. The quantitative estimate of drug-likeness (QED) is 0.343. The maximum absolute atomic E-state index is 13.0. The smallest absolute Gasteiger partial charge is 0.426 e. The van der Waals surface area contributed by atoms with Crippen molar-refractivity contribution in [1.29, 1.82) is 0 Å². The Balaban J connectivity index is 1.17. The summed E-state index contributed by atoms with van der Waals surface area (Å²) in [6, 6.07) is 16.9. The molecule has 1 aliphatic rings. The predicted molar refractivity (Wildman–Crippen MR) is 147 cm³/mol. The van der Waals surface area contributed by atoms with Gasteiger partial charge in [-0.25, -0.2) is 19.4 Å². The van der Waals surface area contributed by atoms with E-state index in [-0.39, 0.29) is 12.5 Å². The Hall–Kier alpha value is -4.55. The van der Waals surface area contributed by atoms with E-state index in [1.165, 1.54) is 0 Å². The van der Waals surface area contributed by atoms with Crippen LogP contribution in [0.3, 0.4) is 0 Å². The minimum atomic E-state index is -0.500. The number of aryl methyl sites for hydroxylation is 3. The van der Waals surface area contributed by atoms with Gasteiger partial charge in [-0.15, -0.1) is 5.06 Å². The molecule has 4 heterocycles. The number of nitrogens with zero attached hydrogens (tertiary/aromatic N) is 6. The fourth-order valence-corrected chi connectivity index (χ4v) is 4.42. The first-order valence-electron chi connectivity index (χ1n) is 13.1. The lowest BCUT2D eigenvalue weighted by Crippen LogP contribution is -2.49. The van der Waals surface area contributed by atoms with Crippen molar-refractivity contribution in [2.24, 2.45) is 0 Å². The number of benzene rings is 1. The maximum Gasteiger partial charge on any atom is 0.426 e. The molecule has 0 bridgehead atoms. The van der Waals surface area contributed by atoms with Gasteiger partial charge in [0.2, 0.25) is 5.91 Å². The number of hydrogen-bond acceptors (Lipinski definition) is 9. The number of hydroxylamine groups is 2. The van der Waals surface area contributed by atoms with Gasteiger partial charge in [0.15, 0.2) is 17.4 Å². The van der Waals surface area contributed by atoms with E-state index in [1.807, 2.05) is 68.1 Å². The molecule has 1 aromatic carbocycles. The van der Waals surface area contributed by atoms with E-state index >= 15 is 0 Å². The normalized spacial score (nSPS) is 14.2. The lowest BCUT2D eigenvalue weighted by atomic mass is 10.2. The van der Waals surface area contributed by atoms with E-state index in [2.05, 4.69) is 25.7 Å². The van der Waals surface area contributed by atoms with Crippen LogP contribution in [0.15, 0.2) is 59.0 Å². The van der Waals surface area contributed by atoms with Gasteiger partial charge in [0.25, 0.3) is 0 Å². The molecule has 0 spiro atoms. The fraction of sp³-hybridized carbons (Fsp3) is 0.321. The van der Waals surface area contributed by atoms with Crippen molar-refractivity contribution in [3.63, 3.8) is 0 Å². The van der Waals surface area contributed by atoms with Crippen LogP contribution in [0.4, 0.5) is 10.6 Å². The van der Waals surface area contributed by atoms with E-state index in [4.69, 9.17) is 9.25 Å². The van der Waals surface area contributed by atoms with Crippen LogP contribution in [0.5, 0.6) is 0 Å². The molecule has 0 atom stereocenters. The summed E-state index contributed by atoms with van der Waals surface area (Å²) >= 11 is 0. The summed E-state index contributed by atoms with van der Waals surface area (Å²) in [7, 11) is 0. The van der Waals surface area contributed by atoms with Gasteiger partial charge in [-0.2, -0.15) is 5.10 Å². The first-order chi connectivity index (χ1) is 19.3. The highest BCUT2D eigenvalue weighted by molar-refractivity contribution is 5.91. The first kappa shape index (κ1) is 27.0. The summed E-state index contributed by atoms with van der Waals surface area (Å²) in [6.45, 7) is 8.37. The number of carbonyl (C=O) groups is 2. The van der Waals surface area contributed by atoms with Crippen LogP contribution in [0.25, 0.3) is 17.4 Å². The van der Waals surface area contributed by atoms with Gasteiger partial charge < -0.3 is 19.9 Å². The summed E-state index contributed by atoms with van der Waals surface area (Å²) in [5.74, 6) is 2.25. The molecule has 12 nitrogen and oxygen atoms in total. The molecule has 208 valence electrons. The summed E-state index contributed by atoms with van der Waals surface area (Å²) in [5, 5.41) is 11.8. The van der Waals surface area contributed by atoms with Crippen LogP contribution in [0, 0.1) is 20.8 Å². The average molecular weight is 545 g/mol. The zero-order chi connectivity index (χ0) is 28.1. The highest BCUT2D eigenvalue weighted by Gasteiger charge is 2.22. The Morgan fingerprint density at radius 2 is 1.75 bits per heavy atom. The second kappa shape index (κ2) is 12.1. The molecule has 12 heteroatoms. The number of amides is 2. The second-order valence-electron chi connectivity index (χ2n) is 9.66. The molecule has 40 heavy (non-hydrogen) atoms. The molecular weight excluding hydrogens is 512 g/mol. The SMILES string of the molecule is Cc1cc(C)n(-c2cc(NC(=O)CN3CCN(OC(=O)NCc4ccccc4)CC3)nc(-c3ccc(C)o3)n2)n1. The molecule has 4 aromatic rings. The molecule has 1 aliphatic heterocycles. The van der Waals surface area contributed by atoms with Crippen LogP contribution in [-0.2, 0) is 16.2 Å². The number of nitrogens with one attached hydrogen (secondary N) is 2. The largest absolute Gasteiger partial charge is 0.458 e. The van der Waals surface area contributed by atoms with Crippen LogP contribution < -0.4 is 10.6 Å². The molecular formula is C28H32N8O4. The van der Waals surface area contributed by atoms with Crippen molar-refractivity contribution < 1.29 is 18.8 Å². The average Bonchev–Trinajstić information content (AvgIpc) is 3.53. The third kappa shape index (κ3) is 6.90. The van der Waals surface area contributed by atoms with Crippen LogP contribution >= 0.6 is 0 Å². The van der Waals surface area contributed by atoms with Crippen LogP contribution in [0.1, 0.15) is 22.7 Å². The van der Waals surface area contributed by atoms with Crippen molar-refractivity contribution >= 4 is 17.8 Å². The van der Waals surface area contributed by atoms with Gasteiger partial charge in [0.1, 0.15) is 11.6 Å². The van der Waals surface area contributed by atoms with E-state index < -0.39 is 6.09 Å². The van der Waals surface area contributed by atoms with Gasteiger partial charge in [0.05, 0.1) is 12.2 Å². The standard InChI is InChI=1S/C28H32N8O4/c1-19-15-20(2)36(33-19)25-16-24(31-27(32-25)23-10-9-21(3)39-23)30-26(37)18-34-11-13-35(14-12-34)40-28(38)29-17-22-7-5-4-6-8-22/h4-10,15-16H,11-14,17-18H2,1-3H3,(H,29,38)(H,30,31,32,37). The van der Waals surface area contributed by atoms with Crippen LogP contribution in [-0.4, -0.2) is 74.4 Å². The Morgan fingerprint density at radius 3 is 2.42 bits per heavy atom. The first-order valence-corrected chi connectivity index (χ1v) is 13.1. The van der Waals surface area contributed by atoms with Crippen LogP contribution in [0.2, 0.25) is 0 Å². The van der Waals surface area contributed by atoms with Crippen molar-refractivity contribution in [2.45, 2.75) is 27.3 Å². The molecule has 0 saturated carbocycles. The molecule has 0 radical (unpaired) electrons. The molecule has 0 unspecified atom stereocenters. The summed E-state index contributed by atoms with van der Waals surface area (Å²) < 4.78 is 7.44. The Labute approximate surface area is 231 Å². The summed E-state index contributed by atoms with van der Waals surface area (Å²) in [4.78, 5) is 41.7. The minimum Gasteiger partial charge on any atom is -0.458 e. The van der Waals surface area contributed by atoms with Crippen molar-refractivity contribution in [1.82, 2.24) is 35.0 Å². The molecule has 1 fully saturated rings. The number of furan rings is 1. The van der Waals surface area contributed by atoms with Gasteiger partial charge in [-0.1, -0.05) is 30.3 Å². The number of hydrogen-bond donors (Lipinski definition) is 2. The van der Waals surface area contributed by atoms with Gasteiger partial charge in [0, 0.05) is 44.5 Å². The van der Waals surface area contributed by atoms with E-state index in [0.717, 1.165) is 22.7 Å². The van der Waals surface area contributed by atoms with Crippen molar-refractivity contribution in [3.8, 4) is 17.4 Å². The Morgan fingerprint density at radius 1 is 0.975 bits per heavy atom. The Bertz CT molecular complexity index is 1470.